The number of rotatable bonds is 6. The summed E-state index contributed by atoms with van der Waals surface area (Å²) in [5.74, 6) is -0.256. The predicted octanol–water partition coefficient (Wildman–Crippen LogP) is 4.05. The van der Waals surface area contributed by atoms with Crippen molar-refractivity contribution in [2.24, 2.45) is 0 Å². The summed E-state index contributed by atoms with van der Waals surface area (Å²) in [5.41, 5.74) is 4.25. The summed E-state index contributed by atoms with van der Waals surface area (Å²) in [6.45, 7) is 3.61. The zero-order chi connectivity index (χ0) is 19.4. The van der Waals surface area contributed by atoms with Gasteiger partial charge in [0.15, 0.2) is 0 Å². The minimum absolute atomic E-state index is 0.214. The van der Waals surface area contributed by atoms with E-state index in [-0.39, 0.29) is 12.5 Å². The molecule has 0 bridgehead atoms. The van der Waals surface area contributed by atoms with Crippen molar-refractivity contribution >= 4 is 35.0 Å². The van der Waals surface area contributed by atoms with Crippen LogP contribution in [0.2, 0.25) is 5.02 Å². The first kappa shape index (κ1) is 18.6. The van der Waals surface area contributed by atoms with Gasteiger partial charge >= 0.3 is 5.97 Å². The van der Waals surface area contributed by atoms with Gasteiger partial charge in [-0.15, -0.1) is 0 Å². The fourth-order valence-corrected chi connectivity index (χ4v) is 2.72. The van der Waals surface area contributed by atoms with Gasteiger partial charge in [-0.3, -0.25) is 9.78 Å². The first-order chi connectivity index (χ1) is 12.9. The number of nitrogens with zero attached hydrogens (tertiary/aromatic N) is 3. The molecule has 2 aromatic heterocycles. The Morgan fingerprint density at radius 2 is 1.89 bits per heavy atom. The van der Waals surface area contributed by atoms with E-state index in [4.69, 9.17) is 16.7 Å². The highest BCUT2D eigenvalue weighted by Gasteiger charge is 2.11. The second-order valence-electron chi connectivity index (χ2n) is 5.93. The van der Waals surface area contributed by atoms with E-state index in [0.717, 1.165) is 22.4 Å². The number of halogens is 1. The normalized spacial score (nSPS) is 10.5. The summed E-state index contributed by atoms with van der Waals surface area (Å²) in [4.78, 5) is 23.7. The molecule has 0 amide bonds. The molecule has 3 rings (SSSR count). The molecule has 7 nitrogen and oxygen atoms in total. The Kier molecular flexibility index (Phi) is 5.52. The maximum absolute atomic E-state index is 10.9. The van der Waals surface area contributed by atoms with Gasteiger partial charge in [0.05, 0.1) is 5.69 Å². The summed E-state index contributed by atoms with van der Waals surface area (Å²) in [6.07, 6.45) is 3.33. The maximum atomic E-state index is 10.9. The molecule has 0 saturated heterocycles. The van der Waals surface area contributed by atoms with Crippen molar-refractivity contribution < 1.29 is 9.90 Å². The molecular formula is C19H18ClN5O2. The number of aryl methyl sites for hydroxylation is 1. The second-order valence-corrected chi connectivity index (χ2v) is 6.34. The van der Waals surface area contributed by atoms with E-state index in [9.17, 15) is 4.79 Å². The van der Waals surface area contributed by atoms with E-state index < -0.39 is 5.97 Å². The minimum atomic E-state index is -0.996. The Hall–Kier alpha value is -3.19. The lowest BCUT2D eigenvalue weighted by molar-refractivity contribution is -0.134. The van der Waals surface area contributed by atoms with Crippen LogP contribution in [-0.4, -0.2) is 32.6 Å². The van der Waals surface area contributed by atoms with Crippen LogP contribution in [0.25, 0.3) is 11.3 Å². The average molecular weight is 384 g/mol. The van der Waals surface area contributed by atoms with Crippen molar-refractivity contribution in [3.63, 3.8) is 0 Å². The lowest BCUT2D eigenvalue weighted by atomic mass is 10.1. The fraction of sp³-hybridized carbons (Fsp3) is 0.158. The smallest absolute Gasteiger partial charge is 0.322 e. The van der Waals surface area contributed by atoms with Crippen molar-refractivity contribution in [1.82, 2.24) is 15.0 Å². The van der Waals surface area contributed by atoms with Crippen molar-refractivity contribution in [3.05, 3.63) is 58.9 Å². The molecule has 138 valence electrons. The summed E-state index contributed by atoms with van der Waals surface area (Å²) in [7, 11) is 0. The van der Waals surface area contributed by atoms with Crippen molar-refractivity contribution in [1.29, 1.82) is 0 Å². The van der Waals surface area contributed by atoms with Crippen LogP contribution in [0.15, 0.2) is 42.7 Å². The highest BCUT2D eigenvalue weighted by molar-refractivity contribution is 6.31. The first-order valence-corrected chi connectivity index (χ1v) is 8.59. The molecule has 3 N–H and O–H groups in total. The number of benzene rings is 1. The van der Waals surface area contributed by atoms with Crippen molar-refractivity contribution in [2.75, 3.05) is 17.2 Å². The molecule has 0 fully saturated rings. The maximum Gasteiger partial charge on any atom is 0.322 e. The van der Waals surface area contributed by atoms with Crippen LogP contribution in [0.1, 0.15) is 11.1 Å². The van der Waals surface area contributed by atoms with Gasteiger partial charge in [0.1, 0.15) is 12.4 Å². The number of hydrogen-bond donors (Lipinski definition) is 3. The van der Waals surface area contributed by atoms with Crippen LogP contribution in [-0.2, 0) is 4.79 Å². The Balaban J connectivity index is 2.02. The van der Waals surface area contributed by atoms with Crippen LogP contribution in [0.5, 0.6) is 0 Å². The number of aliphatic carboxylic acids is 1. The molecule has 1 aromatic carbocycles. The zero-order valence-electron chi connectivity index (χ0n) is 14.8. The van der Waals surface area contributed by atoms with Crippen LogP contribution in [0.4, 0.5) is 17.5 Å². The molecule has 0 saturated carbocycles. The Morgan fingerprint density at radius 3 is 2.59 bits per heavy atom. The zero-order valence-corrected chi connectivity index (χ0v) is 15.6. The number of carboxylic acids is 1. The van der Waals surface area contributed by atoms with Gasteiger partial charge < -0.3 is 15.7 Å². The van der Waals surface area contributed by atoms with Crippen LogP contribution < -0.4 is 10.6 Å². The number of nitrogens with one attached hydrogen (secondary N) is 2. The minimum Gasteiger partial charge on any atom is -0.480 e. The molecule has 0 aliphatic heterocycles. The standard InChI is InChI=1S/C19H18ClN5O2/c1-11-3-4-14(20)12(2)18(11)24-16-9-15(13-5-7-21-8-6-13)23-19(25-16)22-10-17(26)27/h3-9H,10H2,1-2H3,(H,26,27)(H2,22,23,24,25). The number of aromatic nitrogens is 3. The number of hydrogen-bond acceptors (Lipinski definition) is 6. The molecule has 3 aromatic rings. The average Bonchev–Trinajstić information content (AvgIpc) is 2.67. The van der Waals surface area contributed by atoms with Gasteiger partial charge in [0.25, 0.3) is 0 Å². The van der Waals surface area contributed by atoms with Gasteiger partial charge in [-0.05, 0) is 43.2 Å². The Labute approximate surface area is 161 Å². The molecule has 0 atom stereocenters. The molecule has 0 unspecified atom stereocenters. The molecular weight excluding hydrogens is 366 g/mol. The summed E-state index contributed by atoms with van der Waals surface area (Å²) < 4.78 is 0. The lowest BCUT2D eigenvalue weighted by Gasteiger charge is -2.15. The van der Waals surface area contributed by atoms with Gasteiger partial charge in [0.2, 0.25) is 5.95 Å². The van der Waals surface area contributed by atoms with E-state index in [1.165, 1.54) is 0 Å². The van der Waals surface area contributed by atoms with Crippen molar-refractivity contribution in [2.45, 2.75) is 13.8 Å². The Bertz CT molecular complexity index is 979. The third-order valence-electron chi connectivity index (χ3n) is 3.96. The van der Waals surface area contributed by atoms with Crippen LogP contribution >= 0.6 is 11.6 Å². The Morgan fingerprint density at radius 1 is 1.15 bits per heavy atom. The molecule has 27 heavy (non-hydrogen) atoms. The van der Waals surface area contributed by atoms with Crippen molar-refractivity contribution in [3.8, 4) is 11.3 Å². The fourth-order valence-electron chi connectivity index (χ4n) is 2.56. The largest absolute Gasteiger partial charge is 0.480 e. The first-order valence-electron chi connectivity index (χ1n) is 8.22. The van der Waals surface area contributed by atoms with Crippen LogP contribution in [0.3, 0.4) is 0 Å². The topological polar surface area (TPSA) is 100 Å². The third kappa shape index (κ3) is 4.51. The van der Waals surface area contributed by atoms with Gasteiger partial charge in [-0.25, -0.2) is 4.98 Å². The molecule has 0 aliphatic rings. The summed E-state index contributed by atoms with van der Waals surface area (Å²) in [5, 5.41) is 15.6. The second kappa shape index (κ2) is 8.01. The van der Waals surface area contributed by atoms with E-state index in [2.05, 4.69) is 25.6 Å². The highest BCUT2D eigenvalue weighted by Crippen LogP contribution is 2.30. The van der Waals surface area contributed by atoms with Gasteiger partial charge in [-0.2, -0.15) is 4.98 Å². The van der Waals surface area contributed by atoms with E-state index in [0.29, 0.717) is 16.5 Å². The monoisotopic (exact) mass is 383 g/mol. The third-order valence-corrected chi connectivity index (χ3v) is 4.37. The van der Waals surface area contributed by atoms with Gasteiger partial charge in [0, 0.05) is 34.7 Å². The number of carbonyl (C=O) groups is 1. The molecule has 0 radical (unpaired) electrons. The number of pyridine rings is 1. The van der Waals surface area contributed by atoms with E-state index in [1.807, 2.05) is 38.1 Å². The predicted molar refractivity (Wildman–Crippen MR) is 106 cm³/mol. The summed E-state index contributed by atoms with van der Waals surface area (Å²) in [6, 6.07) is 9.21. The molecule has 8 heteroatoms. The molecule has 0 aliphatic carbocycles. The highest BCUT2D eigenvalue weighted by atomic mass is 35.5. The number of carboxylic acid groups (broad SMARTS) is 1. The summed E-state index contributed by atoms with van der Waals surface area (Å²) >= 11 is 6.24. The lowest BCUT2D eigenvalue weighted by Crippen LogP contribution is -2.15. The van der Waals surface area contributed by atoms with E-state index in [1.54, 1.807) is 18.5 Å². The number of anilines is 3. The SMILES string of the molecule is Cc1ccc(Cl)c(C)c1Nc1cc(-c2ccncc2)nc(NCC(=O)O)n1. The molecule has 2 heterocycles. The van der Waals surface area contributed by atoms with E-state index >= 15 is 0 Å². The molecule has 0 spiro atoms. The quantitative estimate of drug-likeness (QED) is 0.590. The van der Waals surface area contributed by atoms with Gasteiger partial charge in [-0.1, -0.05) is 17.7 Å². The van der Waals surface area contributed by atoms with Crippen LogP contribution in [0, 0.1) is 13.8 Å².